The van der Waals surface area contributed by atoms with Crippen LogP contribution in [-0.2, 0) is 4.79 Å². The highest BCUT2D eigenvalue weighted by Gasteiger charge is 2.30. The molecule has 0 radical (unpaired) electrons. The molecule has 2 aromatic rings. The standard InChI is InChI=1S/C17H18N4O2/c1-10-5-6-18-15(7-10)21-11(2)8-13(12(21)3)9-14-16(22)20(4)17(23)19-14/h5-9H,1-4H3,(H,19,23)/b14-9+. The van der Waals surface area contributed by atoms with Gasteiger partial charge in [0.25, 0.3) is 5.91 Å². The van der Waals surface area contributed by atoms with Crippen LogP contribution in [-0.4, -0.2) is 33.4 Å². The summed E-state index contributed by atoms with van der Waals surface area (Å²) in [6, 6.07) is 5.52. The summed E-state index contributed by atoms with van der Waals surface area (Å²) in [5.41, 5.74) is 4.27. The van der Waals surface area contributed by atoms with E-state index < -0.39 is 6.03 Å². The van der Waals surface area contributed by atoms with Gasteiger partial charge in [-0.25, -0.2) is 9.78 Å². The lowest BCUT2D eigenvalue weighted by Crippen LogP contribution is -2.25. The lowest BCUT2D eigenvalue weighted by atomic mass is 10.2. The van der Waals surface area contributed by atoms with Crippen molar-refractivity contribution in [2.24, 2.45) is 0 Å². The van der Waals surface area contributed by atoms with Gasteiger partial charge in [-0.2, -0.15) is 0 Å². The van der Waals surface area contributed by atoms with E-state index in [0.717, 1.165) is 33.2 Å². The second-order valence-electron chi connectivity index (χ2n) is 5.71. The molecule has 0 aromatic carbocycles. The summed E-state index contributed by atoms with van der Waals surface area (Å²) in [6.07, 6.45) is 3.48. The minimum atomic E-state index is -0.407. The second-order valence-corrected chi connectivity index (χ2v) is 5.71. The number of hydrogen-bond acceptors (Lipinski definition) is 3. The fourth-order valence-corrected chi connectivity index (χ4v) is 2.71. The molecule has 0 spiro atoms. The molecule has 1 fully saturated rings. The van der Waals surface area contributed by atoms with Crippen LogP contribution < -0.4 is 5.32 Å². The predicted molar refractivity (Wildman–Crippen MR) is 87.1 cm³/mol. The van der Waals surface area contributed by atoms with E-state index >= 15 is 0 Å². The number of aromatic nitrogens is 2. The molecule has 1 aliphatic heterocycles. The van der Waals surface area contributed by atoms with Gasteiger partial charge in [0.15, 0.2) is 0 Å². The molecule has 1 aliphatic rings. The number of imide groups is 1. The van der Waals surface area contributed by atoms with E-state index in [9.17, 15) is 9.59 Å². The van der Waals surface area contributed by atoms with E-state index in [4.69, 9.17) is 0 Å². The van der Waals surface area contributed by atoms with E-state index in [-0.39, 0.29) is 11.6 Å². The van der Waals surface area contributed by atoms with Gasteiger partial charge in [-0.3, -0.25) is 9.69 Å². The van der Waals surface area contributed by atoms with Gasteiger partial charge in [0.2, 0.25) is 0 Å². The maximum absolute atomic E-state index is 12.0. The number of rotatable bonds is 2. The van der Waals surface area contributed by atoms with Gasteiger partial charge >= 0.3 is 6.03 Å². The third-order valence-electron chi connectivity index (χ3n) is 3.98. The Bertz CT molecular complexity index is 848. The van der Waals surface area contributed by atoms with Crippen LogP contribution in [0.2, 0.25) is 0 Å². The van der Waals surface area contributed by atoms with Crippen LogP contribution in [0.25, 0.3) is 11.9 Å². The van der Waals surface area contributed by atoms with Crippen molar-refractivity contribution in [2.75, 3.05) is 7.05 Å². The molecule has 1 saturated heterocycles. The van der Waals surface area contributed by atoms with Crippen LogP contribution in [0.5, 0.6) is 0 Å². The summed E-state index contributed by atoms with van der Waals surface area (Å²) in [7, 11) is 1.46. The number of amides is 3. The Labute approximate surface area is 134 Å². The zero-order valence-electron chi connectivity index (χ0n) is 13.5. The maximum Gasteiger partial charge on any atom is 0.328 e. The van der Waals surface area contributed by atoms with Crippen molar-refractivity contribution in [1.29, 1.82) is 0 Å². The molecular weight excluding hydrogens is 292 g/mol. The molecule has 0 bridgehead atoms. The van der Waals surface area contributed by atoms with E-state index in [0.29, 0.717) is 0 Å². The van der Waals surface area contributed by atoms with Gasteiger partial charge < -0.3 is 9.88 Å². The average molecular weight is 310 g/mol. The van der Waals surface area contributed by atoms with E-state index in [2.05, 4.69) is 10.3 Å². The lowest BCUT2D eigenvalue weighted by Gasteiger charge is -2.09. The fourth-order valence-electron chi connectivity index (χ4n) is 2.71. The summed E-state index contributed by atoms with van der Waals surface area (Å²) in [5.74, 6) is 0.511. The maximum atomic E-state index is 12.0. The number of carbonyl (C=O) groups excluding carboxylic acids is 2. The monoisotopic (exact) mass is 310 g/mol. The minimum Gasteiger partial charge on any atom is -0.303 e. The first-order chi connectivity index (χ1) is 10.9. The van der Waals surface area contributed by atoms with E-state index in [1.54, 1.807) is 12.3 Å². The summed E-state index contributed by atoms with van der Waals surface area (Å²) >= 11 is 0. The summed E-state index contributed by atoms with van der Waals surface area (Å²) in [5, 5.41) is 2.58. The first kappa shape index (κ1) is 15.0. The molecule has 0 unspecified atom stereocenters. The number of likely N-dealkylation sites (N-methyl/N-ethyl adjacent to an activating group) is 1. The van der Waals surface area contributed by atoms with Crippen molar-refractivity contribution in [1.82, 2.24) is 19.8 Å². The van der Waals surface area contributed by atoms with Gasteiger partial charge in [0.05, 0.1) is 0 Å². The quantitative estimate of drug-likeness (QED) is 0.684. The van der Waals surface area contributed by atoms with Crippen LogP contribution >= 0.6 is 0 Å². The van der Waals surface area contributed by atoms with Crippen molar-refractivity contribution < 1.29 is 9.59 Å². The van der Waals surface area contributed by atoms with Crippen molar-refractivity contribution in [3.05, 3.63) is 52.6 Å². The van der Waals surface area contributed by atoms with E-state index in [1.807, 2.05) is 43.5 Å². The molecular formula is C17H18N4O2. The van der Waals surface area contributed by atoms with Crippen molar-refractivity contribution >= 4 is 18.0 Å². The fraction of sp³-hybridized carbons (Fsp3) is 0.235. The van der Waals surface area contributed by atoms with Crippen LogP contribution in [0.3, 0.4) is 0 Å². The Morgan fingerprint density at radius 1 is 1.17 bits per heavy atom. The average Bonchev–Trinajstić information content (AvgIpc) is 2.91. The zero-order valence-corrected chi connectivity index (χ0v) is 13.5. The Balaban J connectivity index is 2.06. The van der Waals surface area contributed by atoms with Crippen molar-refractivity contribution in [3.63, 3.8) is 0 Å². The van der Waals surface area contributed by atoms with Gasteiger partial charge in [-0.15, -0.1) is 0 Å². The minimum absolute atomic E-state index is 0.287. The van der Waals surface area contributed by atoms with Gasteiger partial charge in [-0.1, -0.05) is 0 Å². The smallest absolute Gasteiger partial charge is 0.303 e. The zero-order chi connectivity index (χ0) is 16.7. The molecule has 118 valence electrons. The number of carbonyl (C=O) groups is 2. The molecule has 1 N–H and O–H groups in total. The number of hydrogen-bond donors (Lipinski definition) is 1. The first-order valence-corrected chi connectivity index (χ1v) is 7.31. The topological polar surface area (TPSA) is 67.2 Å². The molecule has 6 heteroatoms. The summed E-state index contributed by atoms with van der Waals surface area (Å²) in [4.78, 5) is 29.0. The molecule has 3 amide bonds. The van der Waals surface area contributed by atoms with Crippen LogP contribution in [0.1, 0.15) is 22.5 Å². The van der Waals surface area contributed by atoms with Crippen LogP contribution in [0, 0.1) is 20.8 Å². The second kappa shape index (κ2) is 5.39. The Hall–Kier alpha value is -2.89. The van der Waals surface area contributed by atoms with Crippen LogP contribution in [0.4, 0.5) is 4.79 Å². The van der Waals surface area contributed by atoms with Gasteiger partial charge in [0, 0.05) is 24.6 Å². The predicted octanol–water partition coefficient (Wildman–Crippen LogP) is 2.32. The highest BCUT2D eigenvalue weighted by molar-refractivity contribution is 6.13. The Morgan fingerprint density at radius 3 is 2.52 bits per heavy atom. The molecule has 0 atom stereocenters. The molecule has 6 nitrogen and oxygen atoms in total. The van der Waals surface area contributed by atoms with Crippen LogP contribution in [0.15, 0.2) is 30.1 Å². The third kappa shape index (κ3) is 2.52. The number of urea groups is 1. The van der Waals surface area contributed by atoms with Crippen molar-refractivity contribution in [3.8, 4) is 5.82 Å². The molecule has 3 heterocycles. The third-order valence-corrected chi connectivity index (χ3v) is 3.98. The Kier molecular flexibility index (Phi) is 3.52. The highest BCUT2D eigenvalue weighted by atomic mass is 16.2. The number of nitrogens with zero attached hydrogens (tertiary/aromatic N) is 3. The van der Waals surface area contributed by atoms with Gasteiger partial charge in [0.1, 0.15) is 11.5 Å². The SMILES string of the molecule is Cc1ccnc(-n2c(C)cc(/C=C3/NC(=O)N(C)C3=O)c2C)c1. The first-order valence-electron chi connectivity index (χ1n) is 7.31. The molecule has 23 heavy (non-hydrogen) atoms. The molecule has 0 aliphatic carbocycles. The summed E-state index contributed by atoms with van der Waals surface area (Å²) < 4.78 is 2.03. The molecule has 2 aromatic heterocycles. The highest BCUT2D eigenvalue weighted by Crippen LogP contribution is 2.23. The number of pyridine rings is 1. The van der Waals surface area contributed by atoms with Gasteiger partial charge in [-0.05, 0) is 56.2 Å². The number of aryl methyl sites for hydroxylation is 2. The molecule has 3 rings (SSSR count). The molecule has 0 saturated carbocycles. The Morgan fingerprint density at radius 2 is 1.91 bits per heavy atom. The largest absolute Gasteiger partial charge is 0.328 e. The summed E-state index contributed by atoms with van der Waals surface area (Å²) in [6.45, 7) is 5.97. The lowest BCUT2D eigenvalue weighted by molar-refractivity contribution is -0.121. The number of nitrogens with one attached hydrogen (secondary N) is 1. The normalized spacial score (nSPS) is 16.3. The van der Waals surface area contributed by atoms with E-state index in [1.165, 1.54) is 7.05 Å². The van der Waals surface area contributed by atoms with Crippen molar-refractivity contribution in [2.45, 2.75) is 20.8 Å².